The van der Waals surface area contributed by atoms with Crippen LogP contribution in [0.25, 0.3) is 0 Å². The van der Waals surface area contributed by atoms with Gasteiger partial charge in [-0.15, -0.1) is 0 Å². The maximum atomic E-state index is 6.51. The molecule has 2 heterocycles. The lowest BCUT2D eigenvalue weighted by Crippen LogP contribution is -2.46. The summed E-state index contributed by atoms with van der Waals surface area (Å²) in [6.07, 6.45) is 4.14. The summed E-state index contributed by atoms with van der Waals surface area (Å²) in [4.78, 5) is 0. The number of halogens is 1. The van der Waals surface area contributed by atoms with Gasteiger partial charge in [0, 0.05) is 30.3 Å². The summed E-state index contributed by atoms with van der Waals surface area (Å²) in [5.41, 5.74) is 7.75. The SMILES string of the molecule is NC(c1ccc(Br)cc1)C1CCOC2(CCOCC2)C1. The van der Waals surface area contributed by atoms with E-state index in [1.165, 1.54) is 5.56 Å². The molecule has 110 valence electrons. The molecule has 1 aromatic carbocycles. The van der Waals surface area contributed by atoms with Crippen molar-refractivity contribution in [3.8, 4) is 0 Å². The van der Waals surface area contributed by atoms with Crippen molar-refractivity contribution in [3.05, 3.63) is 34.3 Å². The van der Waals surface area contributed by atoms with Crippen LogP contribution >= 0.6 is 15.9 Å². The summed E-state index contributed by atoms with van der Waals surface area (Å²) in [7, 11) is 0. The van der Waals surface area contributed by atoms with Gasteiger partial charge in [0.25, 0.3) is 0 Å². The molecule has 0 aromatic heterocycles. The van der Waals surface area contributed by atoms with Crippen LogP contribution in [0.2, 0.25) is 0 Å². The Morgan fingerprint density at radius 1 is 1.15 bits per heavy atom. The molecule has 3 rings (SSSR count). The molecule has 1 aromatic rings. The number of nitrogens with two attached hydrogens (primary N) is 1. The summed E-state index contributed by atoms with van der Waals surface area (Å²) < 4.78 is 12.7. The van der Waals surface area contributed by atoms with Crippen molar-refractivity contribution in [3.63, 3.8) is 0 Å². The summed E-state index contributed by atoms with van der Waals surface area (Å²) in [5.74, 6) is 0.503. The van der Waals surface area contributed by atoms with E-state index in [0.717, 1.165) is 50.0 Å². The molecule has 3 nitrogen and oxygen atoms in total. The predicted molar refractivity (Wildman–Crippen MR) is 82.5 cm³/mol. The van der Waals surface area contributed by atoms with E-state index in [4.69, 9.17) is 15.2 Å². The lowest BCUT2D eigenvalue weighted by atomic mass is 9.76. The van der Waals surface area contributed by atoms with E-state index < -0.39 is 0 Å². The molecule has 0 saturated carbocycles. The van der Waals surface area contributed by atoms with Gasteiger partial charge in [-0.05, 0) is 49.3 Å². The van der Waals surface area contributed by atoms with E-state index in [1.807, 2.05) is 0 Å². The number of benzene rings is 1. The molecule has 4 heteroatoms. The van der Waals surface area contributed by atoms with Gasteiger partial charge in [-0.1, -0.05) is 28.1 Å². The molecule has 2 unspecified atom stereocenters. The van der Waals surface area contributed by atoms with Crippen molar-refractivity contribution in [2.75, 3.05) is 19.8 Å². The van der Waals surface area contributed by atoms with Gasteiger partial charge in [0.05, 0.1) is 5.60 Å². The molecule has 1 spiro atoms. The zero-order valence-electron chi connectivity index (χ0n) is 11.7. The molecule has 0 amide bonds. The highest BCUT2D eigenvalue weighted by Gasteiger charge is 2.40. The standard InChI is InChI=1S/C16H22BrNO2/c17-14-3-1-12(2-4-14)15(18)13-5-8-20-16(11-13)6-9-19-10-7-16/h1-4,13,15H,5-11,18H2. The molecule has 2 N–H and O–H groups in total. The minimum Gasteiger partial charge on any atom is -0.381 e. The zero-order chi connectivity index (χ0) is 14.0. The first kappa shape index (κ1) is 14.5. The van der Waals surface area contributed by atoms with Crippen molar-refractivity contribution in [2.45, 2.75) is 37.3 Å². The summed E-state index contributed by atoms with van der Waals surface area (Å²) in [6.45, 7) is 2.47. The number of hydrogen-bond donors (Lipinski definition) is 1. The van der Waals surface area contributed by atoms with E-state index in [1.54, 1.807) is 0 Å². The third kappa shape index (κ3) is 3.08. The molecule has 2 fully saturated rings. The zero-order valence-corrected chi connectivity index (χ0v) is 13.3. The van der Waals surface area contributed by atoms with Gasteiger partial charge in [0.15, 0.2) is 0 Å². The Kier molecular flexibility index (Phi) is 4.46. The van der Waals surface area contributed by atoms with Crippen LogP contribution in [0.15, 0.2) is 28.7 Å². The fourth-order valence-corrected chi connectivity index (χ4v) is 3.69. The van der Waals surface area contributed by atoms with Crippen molar-refractivity contribution in [1.29, 1.82) is 0 Å². The van der Waals surface area contributed by atoms with Crippen LogP contribution in [0.5, 0.6) is 0 Å². The third-order valence-electron chi connectivity index (χ3n) is 4.70. The lowest BCUT2D eigenvalue weighted by molar-refractivity contribution is -0.149. The Bertz CT molecular complexity index is 437. The van der Waals surface area contributed by atoms with E-state index in [0.29, 0.717) is 5.92 Å². The second kappa shape index (κ2) is 6.14. The summed E-state index contributed by atoms with van der Waals surface area (Å²) in [6, 6.07) is 8.49. The first-order chi connectivity index (χ1) is 9.69. The van der Waals surface area contributed by atoms with E-state index in [9.17, 15) is 0 Å². The van der Waals surface area contributed by atoms with Crippen LogP contribution < -0.4 is 5.73 Å². The molecular formula is C16H22BrNO2. The molecule has 2 saturated heterocycles. The lowest BCUT2D eigenvalue weighted by Gasteiger charge is -2.44. The quantitative estimate of drug-likeness (QED) is 0.897. The second-order valence-corrected chi connectivity index (χ2v) is 6.89. The molecule has 2 aliphatic rings. The molecule has 2 atom stereocenters. The van der Waals surface area contributed by atoms with Crippen LogP contribution in [0, 0.1) is 5.92 Å². The topological polar surface area (TPSA) is 44.5 Å². The smallest absolute Gasteiger partial charge is 0.0729 e. The van der Waals surface area contributed by atoms with Gasteiger partial charge in [0.2, 0.25) is 0 Å². The largest absolute Gasteiger partial charge is 0.381 e. The Morgan fingerprint density at radius 3 is 2.55 bits per heavy atom. The molecule has 0 bridgehead atoms. The highest BCUT2D eigenvalue weighted by atomic mass is 79.9. The predicted octanol–water partition coefficient (Wildman–Crippen LogP) is 3.42. The summed E-state index contributed by atoms with van der Waals surface area (Å²) in [5, 5.41) is 0. The second-order valence-electron chi connectivity index (χ2n) is 5.97. The van der Waals surface area contributed by atoms with Gasteiger partial charge in [0.1, 0.15) is 0 Å². The summed E-state index contributed by atoms with van der Waals surface area (Å²) >= 11 is 3.47. The molecule has 0 radical (unpaired) electrons. The van der Waals surface area contributed by atoms with Gasteiger partial charge in [-0.25, -0.2) is 0 Å². The first-order valence-corrected chi connectivity index (χ1v) is 8.21. The van der Waals surface area contributed by atoms with E-state index in [2.05, 4.69) is 40.2 Å². The first-order valence-electron chi connectivity index (χ1n) is 7.41. The highest BCUT2D eigenvalue weighted by Crippen LogP contribution is 2.41. The van der Waals surface area contributed by atoms with Gasteiger partial charge in [-0.3, -0.25) is 0 Å². The molecule has 20 heavy (non-hydrogen) atoms. The normalized spacial score (nSPS) is 27.4. The van der Waals surface area contributed by atoms with Crippen LogP contribution in [-0.2, 0) is 9.47 Å². The van der Waals surface area contributed by atoms with Gasteiger partial charge < -0.3 is 15.2 Å². The Labute approximate surface area is 129 Å². The number of hydrogen-bond acceptors (Lipinski definition) is 3. The minimum absolute atomic E-state index is 0.0220. The molecule has 0 aliphatic carbocycles. The Balaban J connectivity index is 1.71. The maximum absolute atomic E-state index is 6.51. The van der Waals surface area contributed by atoms with Crippen molar-refractivity contribution < 1.29 is 9.47 Å². The van der Waals surface area contributed by atoms with Crippen molar-refractivity contribution in [2.24, 2.45) is 11.7 Å². The molecule has 2 aliphatic heterocycles. The van der Waals surface area contributed by atoms with Gasteiger partial charge in [-0.2, -0.15) is 0 Å². The van der Waals surface area contributed by atoms with Gasteiger partial charge >= 0.3 is 0 Å². The van der Waals surface area contributed by atoms with Crippen LogP contribution in [0.4, 0.5) is 0 Å². The van der Waals surface area contributed by atoms with E-state index in [-0.39, 0.29) is 11.6 Å². The Hall–Kier alpha value is -0.420. The fourth-order valence-electron chi connectivity index (χ4n) is 3.42. The number of rotatable bonds is 2. The van der Waals surface area contributed by atoms with Crippen LogP contribution in [-0.4, -0.2) is 25.4 Å². The third-order valence-corrected chi connectivity index (χ3v) is 5.23. The molecular weight excluding hydrogens is 318 g/mol. The number of ether oxygens (including phenoxy) is 2. The van der Waals surface area contributed by atoms with Crippen LogP contribution in [0.3, 0.4) is 0 Å². The minimum atomic E-state index is 0.0220. The van der Waals surface area contributed by atoms with Crippen LogP contribution in [0.1, 0.15) is 37.3 Å². The highest BCUT2D eigenvalue weighted by molar-refractivity contribution is 9.10. The maximum Gasteiger partial charge on any atom is 0.0729 e. The fraction of sp³-hybridized carbons (Fsp3) is 0.625. The Morgan fingerprint density at radius 2 is 1.85 bits per heavy atom. The van der Waals surface area contributed by atoms with Crippen molar-refractivity contribution >= 4 is 15.9 Å². The monoisotopic (exact) mass is 339 g/mol. The average molecular weight is 340 g/mol. The average Bonchev–Trinajstić information content (AvgIpc) is 2.48. The van der Waals surface area contributed by atoms with E-state index >= 15 is 0 Å². The van der Waals surface area contributed by atoms with Crippen molar-refractivity contribution in [1.82, 2.24) is 0 Å².